The van der Waals surface area contributed by atoms with Gasteiger partial charge in [0.15, 0.2) is 0 Å². The summed E-state index contributed by atoms with van der Waals surface area (Å²) >= 11 is 0. The zero-order valence-corrected chi connectivity index (χ0v) is 12.0. The third kappa shape index (κ3) is 5.29. The lowest BCUT2D eigenvalue weighted by atomic mass is 10.1. The average Bonchev–Trinajstić information content (AvgIpc) is 2.80. The van der Waals surface area contributed by atoms with Crippen LogP contribution in [0.3, 0.4) is 0 Å². The summed E-state index contributed by atoms with van der Waals surface area (Å²) in [6.45, 7) is 5.09. The smallest absolute Gasteiger partial charge is 0.317 e. The number of H-pyrrole nitrogens is 1. The maximum Gasteiger partial charge on any atom is 0.317 e. The van der Waals surface area contributed by atoms with Gasteiger partial charge in [0, 0.05) is 25.3 Å². The van der Waals surface area contributed by atoms with E-state index < -0.39 is 5.97 Å². The van der Waals surface area contributed by atoms with Crippen LogP contribution in [0.1, 0.15) is 31.0 Å². The Morgan fingerprint density at radius 2 is 2.25 bits per heavy atom. The summed E-state index contributed by atoms with van der Waals surface area (Å²) in [6.07, 6.45) is 3.43. The summed E-state index contributed by atoms with van der Waals surface area (Å²) in [6, 6.07) is -0.210. The molecule has 0 aliphatic heterocycles. The molecular weight excluding hydrogens is 260 g/mol. The molecule has 7 heteroatoms. The molecule has 0 spiro atoms. The molecule has 0 atom stereocenters. The molecule has 3 N–H and O–H groups in total. The topological polar surface area (TPSA) is 98.3 Å². The number of carbonyl (C=O) groups excluding carboxylic acids is 1. The highest BCUT2D eigenvalue weighted by molar-refractivity contribution is 5.75. The predicted octanol–water partition coefficient (Wildman–Crippen LogP) is 1.16. The van der Waals surface area contributed by atoms with E-state index in [-0.39, 0.29) is 19.0 Å². The summed E-state index contributed by atoms with van der Waals surface area (Å²) in [4.78, 5) is 23.8. The lowest BCUT2D eigenvalue weighted by Gasteiger charge is -2.20. The third-order valence-corrected chi connectivity index (χ3v) is 3.10. The highest BCUT2D eigenvalue weighted by Gasteiger charge is 2.12. The number of carboxylic acid groups (broad SMARTS) is 1. The van der Waals surface area contributed by atoms with Crippen LogP contribution in [0.2, 0.25) is 0 Å². The van der Waals surface area contributed by atoms with Crippen molar-refractivity contribution in [2.45, 2.75) is 33.1 Å². The minimum Gasteiger partial charge on any atom is -0.481 e. The monoisotopic (exact) mass is 282 g/mol. The first kappa shape index (κ1) is 16.0. The van der Waals surface area contributed by atoms with Crippen LogP contribution >= 0.6 is 0 Å². The zero-order valence-electron chi connectivity index (χ0n) is 12.0. The van der Waals surface area contributed by atoms with Gasteiger partial charge in [0.05, 0.1) is 12.6 Å². The molecule has 0 saturated carbocycles. The van der Waals surface area contributed by atoms with Crippen molar-refractivity contribution in [3.05, 3.63) is 17.5 Å². The van der Waals surface area contributed by atoms with Crippen molar-refractivity contribution < 1.29 is 14.7 Å². The molecular formula is C13H22N4O3. The fourth-order valence-electron chi connectivity index (χ4n) is 1.85. The molecule has 0 aromatic carbocycles. The first-order chi connectivity index (χ1) is 9.54. The molecule has 112 valence electrons. The first-order valence-corrected chi connectivity index (χ1v) is 6.78. The van der Waals surface area contributed by atoms with Crippen LogP contribution in [0, 0.1) is 6.92 Å². The first-order valence-electron chi connectivity index (χ1n) is 6.78. The van der Waals surface area contributed by atoms with Gasteiger partial charge < -0.3 is 15.3 Å². The summed E-state index contributed by atoms with van der Waals surface area (Å²) in [5.74, 6) is -0.897. The number of hydrogen-bond donors (Lipinski definition) is 3. The van der Waals surface area contributed by atoms with Crippen molar-refractivity contribution in [2.75, 3.05) is 19.6 Å². The molecule has 0 saturated heterocycles. The van der Waals surface area contributed by atoms with Crippen LogP contribution in [0.4, 0.5) is 4.79 Å². The largest absolute Gasteiger partial charge is 0.481 e. The second-order valence-electron chi connectivity index (χ2n) is 4.58. The van der Waals surface area contributed by atoms with Crippen molar-refractivity contribution in [3.8, 4) is 0 Å². The zero-order chi connectivity index (χ0) is 15.0. The number of hydrogen-bond acceptors (Lipinski definition) is 3. The van der Waals surface area contributed by atoms with Gasteiger partial charge in [-0.2, -0.15) is 5.10 Å². The second kappa shape index (κ2) is 8.19. The number of nitrogens with zero attached hydrogens (tertiary/aromatic N) is 2. The molecule has 2 amide bonds. The molecule has 1 heterocycles. The highest BCUT2D eigenvalue weighted by Crippen LogP contribution is 2.05. The fraction of sp³-hybridized carbons (Fsp3) is 0.615. The van der Waals surface area contributed by atoms with Crippen molar-refractivity contribution in [1.82, 2.24) is 20.4 Å². The van der Waals surface area contributed by atoms with Crippen LogP contribution in [-0.4, -0.2) is 51.8 Å². The number of carboxylic acids is 1. The maximum absolute atomic E-state index is 11.8. The second-order valence-corrected chi connectivity index (χ2v) is 4.58. The van der Waals surface area contributed by atoms with E-state index >= 15 is 0 Å². The molecule has 0 aliphatic carbocycles. The fourth-order valence-corrected chi connectivity index (χ4v) is 1.85. The molecule has 1 aromatic rings. The molecule has 0 aliphatic rings. The lowest BCUT2D eigenvalue weighted by Crippen LogP contribution is -2.41. The Balaban J connectivity index is 2.24. The molecule has 1 aromatic heterocycles. The minimum atomic E-state index is -0.897. The van der Waals surface area contributed by atoms with Gasteiger partial charge in [0.25, 0.3) is 0 Å². The average molecular weight is 282 g/mol. The molecule has 20 heavy (non-hydrogen) atoms. The van der Waals surface area contributed by atoms with Gasteiger partial charge in [-0.15, -0.1) is 0 Å². The van der Waals surface area contributed by atoms with Gasteiger partial charge in [0.1, 0.15) is 0 Å². The number of aromatic amines is 1. The summed E-state index contributed by atoms with van der Waals surface area (Å²) in [5.41, 5.74) is 2.20. The van der Waals surface area contributed by atoms with Gasteiger partial charge in [-0.3, -0.25) is 9.89 Å². The predicted molar refractivity (Wildman–Crippen MR) is 74.5 cm³/mol. The molecule has 0 radical (unpaired) electrons. The number of rotatable bonds is 8. The van der Waals surface area contributed by atoms with Gasteiger partial charge in [-0.1, -0.05) is 0 Å². The number of aromatic nitrogens is 2. The van der Waals surface area contributed by atoms with Crippen molar-refractivity contribution in [1.29, 1.82) is 0 Å². The number of amides is 2. The standard InChI is InChI=1S/C13H22N4O3/c1-3-17(8-6-12(18)19)13(20)14-7-4-5-11-9-15-16-10(11)2/h9H,3-8H2,1-2H3,(H,14,20)(H,15,16)(H,18,19). The number of aliphatic carboxylic acids is 1. The van der Waals surface area contributed by atoms with Crippen LogP contribution in [0.5, 0.6) is 0 Å². The minimum absolute atomic E-state index is 0.0323. The number of nitrogens with one attached hydrogen (secondary N) is 2. The van der Waals surface area contributed by atoms with Crippen molar-refractivity contribution >= 4 is 12.0 Å². The van der Waals surface area contributed by atoms with Crippen molar-refractivity contribution in [2.24, 2.45) is 0 Å². The van der Waals surface area contributed by atoms with E-state index in [1.807, 2.05) is 13.8 Å². The Morgan fingerprint density at radius 1 is 1.50 bits per heavy atom. The van der Waals surface area contributed by atoms with E-state index in [4.69, 9.17) is 5.11 Å². The van der Waals surface area contributed by atoms with E-state index in [1.165, 1.54) is 4.90 Å². The van der Waals surface area contributed by atoms with E-state index in [2.05, 4.69) is 15.5 Å². The third-order valence-electron chi connectivity index (χ3n) is 3.10. The molecule has 1 rings (SSSR count). The summed E-state index contributed by atoms with van der Waals surface area (Å²) in [7, 11) is 0. The summed E-state index contributed by atoms with van der Waals surface area (Å²) < 4.78 is 0. The van der Waals surface area contributed by atoms with Crippen LogP contribution in [0.25, 0.3) is 0 Å². The Hall–Kier alpha value is -2.05. The SMILES string of the molecule is CCN(CCC(=O)O)C(=O)NCCCc1cn[nH]c1C. The van der Waals surface area contributed by atoms with Gasteiger partial charge in [-0.05, 0) is 32.3 Å². The van der Waals surface area contributed by atoms with Crippen LogP contribution < -0.4 is 5.32 Å². The number of aryl methyl sites for hydroxylation is 2. The Kier molecular flexibility index (Phi) is 6.55. The van der Waals surface area contributed by atoms with Crippen molar-refractivity contribution in [3.63, 3.8) is 0 Å². The molecule has 7 nitrogen and oxygen atoms in total. The maximum atomic E-state index is 11.8. The molecule has 0 unspecified atom stereocenters. The lowest BCUT2D eigenvalue weighted by molar-refractivity contribution is -0.137. The number of carbonyl (C=O) groups is 2. The molecule has 0 fully saturated rings. The van der Waals surface area contributed by atoms with E-state index in [0.717, 1.165) is 24.1 Å². The normalized spacial score (nSPS) is 10.3. The van der Waals surface area contributed by atoms with Gasteiger partial charge in [-0.25, -0.2) is 4.79 Å². The van der Waals surface area contributed by atoms with Crippen LogP contribution in [0.15, 0.2) is 6.20 Å². The van der Waals surface area contributed by atoms with E-state index in [1.54, 1.807) is 6.20 Å². The Labute approximate surface area is 118 Å². The van der Waals surface area contributed by atoms with Crippen LogP contribution in [-0.2, 0) is 11.2 Å². The molecule has 0 bridgehead atoms. The number of urea groups is 1. The Bertz CT molecular complexity index is 445. The quantitative estimate of drug-likeness (QED) is 0.623. The Morgan fingerprint density at radius 3 is 2.80 bits per heavy atom. The summed E-state index contributed by atoms with van der Waals surface area (Å²) in [5, 5.41) is 18.2. The van der Waals surface area contributed by atoms with Gasteiger partial charge in [0.2, 0.25) is 0 Å². The van der Waals surface area contributed by atoms with E-state index in [0.29, 0.717) is 13.1 Å². The van der Waals surface area contributed by atoms with E-state index in [9.17, 15) is 9.59 Å². The highest BCUT2D eigenvalue weighted by atomic mass is 16.4. The van der Waals surface area contributed by atoms with Gasteiger partial charge >= 0.3 is 12.0 Å².